The van der Waals surface area contributed by atoms with E-state index in [0.29, 0.717) is 0 Å². The summed E-state index contributed by atoms with van der Waals surface area (Å²) < 4.78 is 0. The van der Waals surface area contributed by atoms with E-state index in [2.05, 4.69) is 18.3 Å². The molecule has 0 aromatic carbocycles. The predicted molar refractivity (Wildman–Crippen MR) is 34.9 cm³/mol. The highest BCUT2D eigenvalue weighted by Gasteiger charge is 1.95. The lowest BCUT2D eigenvalue weighted by molar-refractivity contribution is 0.584. The minimum Gasteiger partial charge on any atom is -0.270 e. The lowest BCUT2D eigenvalue weighted by Gasteiger charge is -2.04. The molecule has 1 unspecified atom stereocenters. The van der Waals surface area contributed by atoms with Gasteiger partial charge in [0.05, 0.1) is 6.04 Å². The molecular weight excluding hydrogens is 100 g/mol. The molecule has 0 saturated heterocycles. The van der Waals surface area contributed by atoms with Crippen LogP contribution < -0.4 is 11.3 Å². The lowest BCUT2D eigenvalue weighted by Crippen LogP contribution is -2.33. The highest BCUT2D eigenvalue weighted by molar-refractivity contribution is 4.96. The zero-order valence-electron chi connectivity index (χ0n) is 5.15. The van der Waals surface area contributed by atoms with E-state index in [1.54, 1.807) is 0 Å². The molecule has 1 atom stereocenters. The molecule has 0 aromatic rings. The van der Waals surface area contributed by atoms with Gasteiger partial charge in [-0.25, -0.2) is 5.43 Å². The number of nitrogens with one attached hydrogen (secondary N) is 1. The van der Waals surface area contributed by atoms with Gasteiger partial charge in [0.1, 0.15) is 0 Å². The second kappa shape index (κ2) is 4.63. The maximum absolute atomic E-state index is 5.08. The standard InChI is InChI=1S/C6H12N2/c1-3-5-6(4-2)8-7/h2,6,8H,3,5,7H2,1H3. The molecule has 0 spiro atoms. The van der Waals surface area contributed by atoms with Crippen LogP contribution in [-0.4, -0.2) is 6.04 Å². The van der Waals surface area contributed by atoms with Crippen LogP contribution in [-0.2, 0) is 0 Å². The van der Waals surface area contributed by atoms with Gasteiger partial charge in [0.15, 0.2) is 0 Å². The Morgan fingerprint density at radius 3 is 2.62 bits per heavy atom. The molecule has 2 heteroatoms. The third kappa shape index (κ3) is 2.62. The molecule has 0 rings (SSSR count). The van der Waals surface area contributed by atoms with E-state index >= 15 is 0 Å². The van der Waals surface area contributed by atoms with Crippen molar-refractivity contribution in [2.75, 3.05) is 0 Å². The number of nitrogens with two attached hydrogens (primary N) is 1. The van der Waals surface area contributed by atoms with Gasteiger partial charge in [0.25, 0.3) is 0 Å². The molecule has 0 aliphatic carbocycles. The van der Waals surface area contributed by atoms with Gasteiger partial charge in [-0.15, -0.1) is 6.42 Å². The highest BCUT2D eigenvalue weighted by atomic mass is 15.2. The van der Waals surface area contributed by atoms with Crippen molar-refractivity contribution < 1.29 is 0 Å². The summed E-state index contributed by atoms with van der Waals surface area (Å²) in [5.74, 6) is 7.59. The van der Waals surface area contributed by atoms with E-state index < -0.39 is 0 Å². The molecule has 0 bridgehead atoms. The lowest BCUT2D eigenvalue weighted by atomic mass is 10.2. The zero-order valence-corrected chi connectivity index (χ0v) is 5.15. The van der Waals surface area contributed by atoms with E-state index in [1.807, 2.05) is 0 Å². The topological polar surface area (TPSA) is 38.0 Å². The summed E-state index contributed by atoms with van der Waals surface area (Å²) in [6.07, 6.45) is 7.10. The minimum absolute atomic E-state index is 0.0556. The molecule has 46 valence electrons. The molecular formula is C6H12N2. The Morgan fingerprint density at radius 2 is 2.50 bits per heavy atom. The van der Waals surface area contributed by atoms with Crippen LogP contribution in [0.25, 0.3) is 0 Å². The van der Waals surface area contributed by atoms with Crippen LogP contribution in [0.4, 0.5) is 0 Å². The Labute approximate surface area is 50.4 Å². The molecule has 0 aliphatic heterocycles. The van der Waals surface area contributed by atoms with Gasteiger partial charge in [-0.1, -0.05) is 19.3 Å². The number of terminal acetylenes is 1. The summed E-state index contributed by atoms with van der Waals surface area (Å²) in [7, 11) is 0. The third-order valence-corrected chi connectivity index (χ3v) is 0.980. The van der Waals surface area contributed by atoms with E-state index in [1.165, 1.54) is 0 Å². The summed E-state index contributed by atoms with van der Waals surface area (Å²) in [5, 5.41) is 0. The second-order valence-corrected chi connectivity index (χ2v) is 1.67. The largest absolute Gasteiger partial charge is 0.270 e. The first-order valence-electron chi connectivity index (χ1n) is 2.77. The molecule has 0 radical (unpaired) electrons. The maximum atomic E-state index is 5.08. The van der Waals surface area contributed by atoms with Crippen LogP contribution in [0.1, 0.15) is 19.8 Å². The van der Waals surface area contributed by atoms with Gasteiger partial charge in [0, 0.05) is 0 Å². The van der Waals surface area contributed by atoms with Gasteiger partial charge >= 0.3 is 0 Å². The molecule has 0 fully saturated rings. The first kappa shape index (κ1) is 7.48. The summed E-state index contributed by atoms with van der Waals surface area (Å²) in [6, 6.07) is 0.0556. The van der Waals surface area contributed by atoms with Crippen molar-refractivity contribution >= 4 is 0 Å². The Balaban J connectivity index is 3.26. The Morgan fingerprint density at radius 1 is 1.88 bits per heavy atom. The first-order valence-corrected chi connectivity index (χ1v) is 2.77. The van der Waals surface area contributed by atoms with Crippen molar-refractivity contribution in [2.24, 2.45) is 5.84 Å². The molecule has 0 aromatic heterocycles. The molecule has 2 nitrogen and oxygen atoms in total. The van der Waals surface area contributed by atoms with Gasteiger partial charge in [-0.3, -0.25) is 5.84 Å². The first-order chi connectivity index (χ1) is 3.85. The van der Waals surface area contributed by atoms with Crippen molar-refractivity contribution in [2.45, 2.75) is 25.8 Å². The van der Waals surface area contributed by atoms with Crippen LogP contribution in [0.2, 0.25) is 0 Å². The van der Waals surface area contributed by atoms with Crippen molar-refractivity contribution in [3.8, 4) is 12.3 Å². The molecule has 8 heavy (non-hydrogen) atoms. The molecule has 3 N–H and O–H groups in total. The maximum Gasteiger partial charge on any atom is 0.0814 e. The van der Waals surface area contributed by atoms with Crippen molar-refractivity contribution in [3.63, 3.8) is 0 Å². The average molecular weight is 112 g/mol. The van der Waals surface area contributed by atoms with Crippen LogP contribution in [0.15, 0.2) is 0 Å². The van der Waals surface area contributed by atoms with Crippen LogP contribution >= 0.6 is 0 Å². The Bertz CT molecular complexity index is 83.0. The molecule has 0 heterocycles. The normalized spacial score (nSPS) is 12.6. The third-order valence-electron chi connectivity index (χ3n) is 0.980. The van der Waals surface area contributed by atoms with E-state index in [-0.39, 0.29) is 6.04 Å². The van der Waals surface area contributed by atoms with Crippen LogP contribution in [0.3, 0.4) is 0 Å². The number of hydrogen-bond donors (Lipinski definition) is 2. The SMILES string of the molecule is C#CC(CCC)NN. The van der Waals surface area contributed by atoms with E-state index in [0.717, 1.165) is 12.8 Å². The molecule has 0 amide bonds. The average Bonchev–Trinajstić information content (AvgIpc) is 1.83. The molecule has 0 saturated carbocycles. The minimum atomic E-state index is 0.0556. The smallest absolute Gasteiger partial charge is 0.0814 e. The summed E-state index contributed by atoms with van der Waals surface area (Å²) in [6.45, 7) is 2.07. The van der Waals surface area contributed by atoms with E-state index in [4.69, 9.17) is 12.3 Å². The van der Waals surface area contributed by atoms with Crippen molar-refractivity contribution in [3.05, 3.63) is 0 Å². The summed E-state index contributed by atoms with van der Waals surface area (Å²) in [4.78, 5) is 0. The number of hydrazine groups is 1. The number of hydrogen-bond acceptors (Lipinski definition) is 2. The zero-order chi connectivity index (χ0) is 6.41. The summed E-state index contributed by atoms with van der Waals surface area (Å²) >= 11 is 0. The van der Waals surface area contributed by atoms with Crippen LogP contribution in [0.5, 0.6) is 0 Å². The summed E-state index contributed by atoms with van der Waals surface area (Å²) in [5.41, 5.74) is 2.52. The predicted octanol–water partition coefficient (Wildman–Crippen LogP) is 0.252. The van der Waals surface area contributed by atoms with Gasteiger partial charge in [0.2, 0.25) is 0 Å². The van der Waals surface area contributed by atoms with Gasteiger partial charge in [-0.2, -0.15) is 0 Å². The van der Waals surface area contributed by atoms with Gasteiger partial charge < -0.3 is 0 Å². The van der Waals surface area contributed by atoms with Crippen molar-refractivity contribution in [1.82, 2.24) is 5.43 Å². The van der Waals surface area contributed by atoms with Crippen LogP contribution in [0, 0.1) is 12.3 Å². The highest BCUT2D eigenvalue weighted by Crippen LogP contribution is 1.91. The fourth-order valence-corrected chi connectivity index (χ4v) is 0.503. The Hall–Kier alpha value is -0.520. The van der Waals surface area contributed by atoms with Crippen molar-refractivity contribution in [1.29, 1.82) is 0 Å². The van der Waals surface area contributed by atoms with E-state index in [9.17, 15) is 0 Å². The Kier molecular flexibility index (Phi) is 4.33. The fourth-order valence-electron chi connectivity index (χ4n) is 0.503. The fraction of sp³-hybridized carbons (Fsp3) is 0.667. The molecule has 0 aliphatic rings. The quantitative estimate of drug-likeness (QED) is 0.312. The monoisotopic (exact) mass is 112 g/mol. The second-order valence-electron chi connectivity index (χ2n) is 1.67. The number of rotatable bonds is 3. The van der Waals surface area contributed by atoms with Gasteiger partial charge in [-0.05, 0) is 6.42 Å².